The molecule has 0 bridgehead atoms. The van der Waals surface area contributed by atoms with Gasteiger partial charge in [0.2, 0.25) is 0 Å². The molecule has 0 unspecified atom stereocenters. The lowest BCUT2D eigenvalue weighted by Crippen LogP contribution is -1.97. The molecule has 4 nitrogen and oxygen atoms in total. The van der Waals surface area contributed by atoms with E-state index in [0.29, 0.717) is 9.92 Å². The molecule has 6 heteroatoms. The number of rotatable bonds is 1. The van der Waals surface area contributed by atoms with Crippen molar-refractivity contribution in [3.05, 3.63) is 53.4 Å². The number of aromatic nitrogens is 2. The molecule has 0 aliphatic heterocycles. The minimum atomic E-state index is -3.29. The van der Waals surface area contributed by atoms with Crippen LogP contribution in [0.1, 0.15) is 5.69 Å². The molecule has 0 spiro atoms. The van der Waals surface area contributed by atoms with Crippen LogP contribution in [0.5, 0.6) is 0 Å². The van der Waals surface area contributed by atoms with Crippen LogP contribution in [-0.2, 0) is 9.84 Å². The molecule has 120 valence electrons. The molecule has 0 amide bonds. The lowest BCUT2D eigenvalue weighted by molar-refractivity contribution is 0.602. The van der Waals surface area contributed by atoms with Crippen molar-refractivity contribution in [1.29, 1.82) is 0 Å². The summed E-state index contributed by atoms with van der Waals surface area (Å²) in [5.41, 5.74) is 1.67. The molecule has 0 N–H and O–H groups in total. The van der Waals surface area contributed by atoms with Gasteiger partial charge in [-0.3, -0.25) is 9.97 Å². The molecule has 0 atom stereocenters. The first kappa shape index (κ1) is 15.3. The number of hydrogen-bond acceptors (Lipinski definition) is 4. The van der Waals surface area contributed by atoms with Crippen LogP contribution in [0.25, 0.3) is 32.4 Å². The monoisotopic (exact) mass is 356 g/mol. The number of benzene rings is 2. The predicted molar refractivity (Wildman–Crippen MR) is 97.4 cm³/mol. The molecule has 0 saturated carbocycles. The second-order valence-electron chi connectivity index (χ2n) is 5.90. The molecule has 0 saturated heterocycles. The van der Waals surface area contributed by atoms with Crippen LogP contribution in [0.15, 0.2) is 47.6 Å². The molecule has 2 heterocycles. The minimum absolute atomic E-state index is 0.292. The van der Waals surface area contributed by atoms with Crippen LogP contribution in [0.2, 0.25) is 5.02 Å². The van der Waals surface area contributed by atoms with Crippen LogP contribution in [0.4, 0.5) is 0 Å². The van der Waals surface area contributed by atoms with E-state index in [2.05, 4.69) is 9.97 Å². The molecule has 0 radical (unpaired) electrons. The molecular weight excluding hydrogens is 344 g/mol. The minimum Gasteiger partial charge on any atom is -0.261 e. The Kier molecular flexibility index (Phi) is 3.27. The van der Waals surface area contributed by atoms with E-state index in [1.54, 1.807) is 24.5 Å². The largest absolute Gasteiger partial charge is 0.261 e. The van der Waals surface area contributed by atoms with E-state index in [4.69, 9.17) is 11.6 Å². The smallest absolute Gasteiger partial charge is 0.175 e. The first-order valence-corrected chi connectivity index (χ1v) is 9.59. The van der Waals surface area contributed by atoms with Gasteiger partial charge in [0.1, 0.15) is 0 Å². The third kappa shape index (κ3) is 2.32. The van der Waals surface area contributed by atoms with E-state index in [-0.39, 0.29) is 0 Å². The number of sulfone groups is 1. The van der Waals surface area contributed by atoms with Crippen molar-refractivity contribution < 1.29 is 8.42 Å². The molecule has 2 aromatic heterocycles. The Hall–Kier alpha value is -2.24. The summed E-state index contributed by atoms with van der Waals surface area (Å²) in [6, 6.07) is 8.97. The number of hydrogen-bond donors (Lipinski definition) is 0. The van der Waals surface area contributed by atoms with E-state index in [1.807, 2.05) is 25.1 Å². The van der Waals surface area contributed by atoms with Crippen LogP contribution >= 0.6 is 11.6 Å². The summed E-state index contributed by atoms with van der Waals surface area (Å²) < 4.78 is 23.9. The van der Waals surface area contributed by atoms with E-state index in [0.717, 1.165) is 38.1 Å². The van der Waals surface area contributed by atoms with Gasteiger partial charge in [-0.25, -0.2) is 8.42 Å². The number of aryl methyl sites for hydroxylation is 1. The number of halogens is 1. The number of fused-ring (bicyclic) bond motifs is 6. The third-order valence-corrected chi connectivity index (χ3v) is 5.47. The zero-order valence-corrected chi connectivity index (χ0v) is 14.6. The molecule has 4 rings (SSSR count). The summed E-state index contributed by atoms with van der Waals surface area (Å²) in [5, 5.41) is 5.02. The van der Waals surface area contributed by atoms with Gasteiger partial charge >= 0.3 is 0 Å². The number of pyridine rings is 2. The molecular formula is C18H13ClN2O2S. The highest BCUT2D eigenvalue weighted by atomic mass is 35.5. The Morgan fingerprint density at radius 2 is 1.62 bits per heavy atom. The lowest BCUT2D eigenvalue weighted by Gasteiger charge is -2.11. The second kappa shape index (κ2) is 5.13. The van der Waals surface area contributed by atoms with Gasteiger partial charge in [-0.1, -0.05) is 17.7 Å². The molecule has 0 fully saturated rings. The zero-order chi connectivity index (χ0) is 17.1. The van der Waals surface area contributed by atoms with Crippen molar-refractivity contribution in [3.63, 3.8) is 0 Å². The van der Waals surface area contributed by atoms with Crippen LogP contribution in [-0.4, -0.2) is 24.6 Å². The van der Waals surface area contributed by atoms with Crippen LogP contribution in [0.3, 0.4) is 0 Å². The maximum absolute atomic E-state index is 12.0. The highest BCUT2D eigenvalue weighted by Crippen LogP contribution is 2.36. The SMILES string of the molecule is Cc1cc2c3cc(S(C)(=O)=O)ccc3c3cc(Cl)cnc3c2cn1. The maximum Gasteiger partial charge on any atom is 0.175 e. The molecule has 4 aromatic rings. The van der Waals surface area contributed by atoms with Gasteiger partial charge in [0, 0.05) is 35.1 Å². The summed E-state index contributed by atoms with van der Waals surface area (Å²) >= 11 is 6.13. The normalized spacial score (nSPS) is 12.3. The first-order valence-electron chi connectivity index (χ1n) is 7.32. The topological polar surface area (TPSA) is 59.9 Å². The zero-order valence-electron chi connectivity index (χ0n) is 13.0. The van der Waals surface area contributed by atoms with E-state index >= 15 is 0 Å². The van der Waals surface area contributed by atoms with Gasteiger partial charge < -0.3 is 0 Å². The fraction of sp³-hybridized carbons (Fsp3) is 0.111. The lowest BCUT2D eigenvalue weighted by atomic mass is 9.98. The average Bonchev–Trinajstić information content (AvgIpc) is 2.53. The highest BCUT2D eigenvalue weighted by Gasteiger charge is 2.14. The molecule has 24 heavy (non-hydrogen) atoms. The molecule has 0 aliphatic rings. The van der Waals surface area contributed by atoms with Crippen molar-refractivity contribution >= 4 is 53.9 Å². The van der Waals surface area contributed by atoms with Gasteiger partial charge in [-0.05, 0) is 47.3 Å². The average molecular weight is 357 g/mol. The predicted octanol–water partition coefficient (Wildman–Crippen LogP) is 4.30. The van der Waals surface area contributed by atoms with E-state index in [9.17, 15) is 8.42 Å². The summed E-state index contributed by atoms with van der Waals surface area (Å²) in [6.45, 7) is 1.91. The summed E-state index contributed by atoms with van der Waals surface area (Å²) in [4.78, 5) is 9.13. The van der Waals surface area contributed by atoms with Gasteiger partial charge in [-0.15, -0.1) is 0 Å². The summed E-state index contributed by atoms with van der Waals surface area (Å²) in [6.07, 6.45) is 4.60. The Morgan fingerprint density at radius 1 is 0.875 bits per heavy atom. The Labute approximate surface area is 144 Å². The Morgan fingerprint density at radius 3 is 2.38 bits per heavy atom. The van der Waals surface area contributed by atoms with E-state index < -0.39 is 9.84 Å². The highest BCUT2D eigenvalue weighted by molar-refractivity contribution is 7.90. The first-order chi connectivity index (χ1) is 11.3. The Bertz CT molecular complexity index is 1250. The van der Waals surface area contributed by atoms with Crippen molar-refractivity contribution in [2.75, 3.05) is 6.26 Å². The van der Waals surface area contributed by atoms with Crippen LogP contribution < -0.4 is 0 Å². The third-order valence-electron chi connectivity index (χ3n) is 4.15. The van der Waals surface area contributed by atoms with Gasteiger partial charge in [0.05, 0.1) is 15.4 Å². The molecule has 2 aromatic carbocycles. The van der Waals surface area contributed by atoms with Gasteiger partial charge in [-0.2, -0.15) is 0 Å². The van der Waals surface area contributed by atoms with Crippen molar-refractivity contribution in [2.45, 2.75) is 11.8 Å². The second-order valence-corrected chi connectivity index (χ2v) is 8.35. The summed E-state index contributed by atoms with van der Waals surface area (Å²) in [7, 11) is -3.29. The van der Waals surface area contributed by atoms with Crippen molar-refractivity contribution in [1.82, 2.24) is 9.97 Å². The van der Waals surface area contributed by atoms with Crippen molar-refractivity contribution in [3.8, 4) is 0 Å². The van der Waals surface area contributed by atoms with Crippen molar-refractivity contribution in [2.24, 2.45) is 0 Å². The Balaban J connectivity index is 2.33. The maximum atomic E-state index is 12.0. The van der Waals surface area contributed by atoms with E-state index in [1.165, 1.54) is 6.26 Å². The quantitative estimate of drug-likeness (QED) is 0.477. The fourth-order valence-electron chi connectivity index (χ4n) is 3.04. The van der Waals surface area contributed by atoms with Crippen LogP contribution in [0, 0.1) is 6.92 Å². The fourth-order valence-corrected chi connectivity index (χ4v) is 3.85. The van der Waals surface area contributed by atoms with Gasteiger partial charge in [0.25, 0.3) is 0 Å². The van der Waals surface area contributed by atoms with Gasteiger partial charge in [0.15, 0.2) is 9.84 Å². The molecule has 0 aliphatic carbocycles. The summed E-state index contributed by atoms with van der Waals surface area (Å²) in [5.74, 6) is 0. The number of nitrogens with zero attached hydrogens (tertiary/aromatic N) is 2. The standard InChI is InChI=1S/C18H13ClN2O2S/c1-10-5-14-15-7-12(24(2,22)23)3-4-13(15)16-6-11(19)8-21-18(16)17(14)9-20-10/h3-9H,1-2H3.